The van der Waals surface area contributed by atoms with Crippen LogP contribution in [-0.2, 0) is 0 Å². The lowest BCUT2D eigenvalue weighted by Crippen LogP contribution is -2.05. The molecule has 0 spiro atoms. The molecule has 0 aliphatic rings. The largest absolute Gasteiger partial charge is 0.495 e. The average Bonchev–Trinajstić information content (AvgIpc) is 2.72. The molecule has 2 rings (SSSR count). The Morgan fingerprint density at radius 2 is 2.11 bits per heavy atom. The minimum absolute atomic E-state index is 0.224. The molecule has 2 aromatic rings. The van der Waals surface area contributed by atoms with Crippen LogP contribution in [0.3, 0.4) is 0 Å². The van der Waals surface area contributed by atoms with E-state index in [1.165, 1.54) is 0 Å². The fraction of sp³-hybridized carbons (Fsp3) is 0.333. The number of anilines is 1. The molecule has 0 fully saturated rings. The monoisotopic (exact) mass is 266 g/mol. The first kappa shape index (κ1) is 12.7. The van der Waals surface area contributed by atoms with Crippen molar-refractivity contribution in [2.45, 2.75) is 19.8 Å². The molecule has 0 aliphatic heterocycles. The van der Waals surface area contributed by atoms with Gasteiger partial charge in [-0.2, -0.15) is 0 Å². The predicted molar refractivity (Wildman–Crippen MR) is 71.4 cm³/mol. The van der Waals surface area contributed by atoms with Crippen molar-refractivity contribution in [3.05, 3.63) is 28.9 Å². The number of nitrogens with two attached hydrogens (primary N) is 1. The van der Waals surface area contributed by atoms with Crippen molar-refractivity contribution in [2.75, 3.05) is 12.8 Å². The molecule has 0 saturated carbocycles. The van der Waals surface area contributed by atoms with Gasteiger partial charge in [-0.05, 0) is 18.1 Å². The minimum atomic E-state index is 0.224. The molecule has 0 unspecified atom stereocenters. The summed E-state index contributed by atoms with van der Waals surface area (Å²) in [4.78, 5) is 0. The van der Waals surface area contributed by atoms with Crippen LogP contribution in [0.2, 0.25) is 5.02 Å². The molecular weight excluding hydrogens is 252 g/mol. The summed E-state index contributed by atoms with van der Waals surface area (Å²) in [5.41, 5.74) is 7.53. The van der Waals surface area contributed by atoms with Gasteiger partial charge in [0.25, 0.3) is 0 Å². The van der Waals surface area contributed by atoms with E-state index < -0.39 is 0 Å². The minimum Gasteiger partial charge on any atom is -0.495 e. The second-order valence-corrected chi connectivity index (χ2v) is 4.65. The lowest BCUT2D eigenvalue weighted by Gasteiger charge is -2.11. The smallest absolute Gasteiger partial charge is 0.169 e. The Labute approximate surface area is 111 Å². The fourth-order valence-electron chi connectivity index (χ4n) is 1.81. The van der Waals surface area contributed by atoms with Crippen molar-refractivity contribution in [3.8, 4) is 11.4 Å². The van der Waals surface area contributed by atoms with Gasteiger partial charge in [-0.3, -0.25) is 0 Å². The maximum absolute atomic E-state index is 6.00. The lowest BCUT2D eigenvalue weighted by molar-refractivity contribution is 0.414. The lowest BCUT2D eigenvalue weighted by atomic mass is 10.1. The number of ether oxygens (including phenoxy) is 1. The van der Waals surface area contributed by atoms with Crippen LogP contribution in [0.15, 0.2) is 18.2 Å². The SMILES string of the molecule is COc1cc(-n2nnc(N)c2C(C)C)ccc1Cl. The zero-order chi connectivity index (χ0) is 13.3. The van der Waals surface area contributed by atoms with E-state index in [4.69, 9.17) is 22.1 Å². The van der Waals surface area contributed by atoms with Gasteiger partial charge in [0.1, 0.15) is 5.75 Å². The van der Waals surface area contributed by atoms with Gasteiger partial charge in [0.15, 0.2) is 5.82 Å². The van der Waals surface area contributed by atoms with Crippen LogP contribution in [0.1, 0.15) is 25.5 Å². The number of methoxy groups -OCH3 is 1. The predicted octanol–water partition coefficient (Wildman–Crippen LogP) is 2.63. The zero-order valence-electron chi connectivity index (χ0n) is 10.5. The van der Waals surface area contributed by atoms with Gasteiger partial charge < -0.3 is 10.5 Å². The number of aromatic nitrogens is 3. The standard InChI is InChI=1S/C12H15ClN4O/c1-7(2)11-12(14)15-16-17(11)8-4-5-9(13)10(6-8)18-3/h4-7H,14H2,1-3H3. The Morgan fingerprint density at radius 1 is 1.39 bits per heavy atom. The summed E-state index contributed by atoms with van der Waals surface area (Å²) in [7, 11) is 1.57. The van der Waals surface area contributed by atoms with E-state index in [1.54, 1.807) is 17.9 Å². The second kappa shape index (κ2) is 4.86. The Bertz CT molecular complexity index is 565. The molecule has 0 bridgehead atoms. The van der Waals surface area contributed by atoms with Crippen LogP contribution in [-0.4, -0.2) is 22.1 Å². The molecule has 0 saturated heterocycles. The maximum atomic E-state index is 6.00. The van der Waals surface area contributed by atoms with E-state index in [-0.39, 0.29) is 5.92 Å². The number of rotatable bonds is 3. The third-order valence-electron chi connectivity index (χ3n) is 2.66. The van der Waals surface area contributed by atoms with Gasteiger partial charge >= 0.3 is 0 Å². The third kappa shape index (κ3) is 2.13. The van der Waals surface area contributed by atoms with Gasteiger partial charge in [0.05, 0.1) is 23.5 Å². The fourth-order valence-corrected chi connectivity index (χ4v) is 2.01. The van der Waals surface area contributed by atoms with E-state index in [9.17, 15) is 0 Å². The summed E-state index contributed by atoms with van der Waals surface area (Å²) >= 11 is 6.00. The molecule has 96 valence electrons. The highest BCUT2D eigenvalue weighted by molar-refractivity contribution is 6.32. The Kier molecular flexibility index (Phi) is 3.43. The maximum Gasteiger partial charge on any atom is 0.169 e. The normalized spacial score (nSPS) is 10.9. The zero-order valence-corrected chi connectivity index (χ0v) is 11.3. The summed E-state index contributed by atoms with van der Waals surface area (Å²) in [5, 5.41) is 8.52. The van der Waals surface area contributed by atoms with E-state index in [2.05, 4.69) is 10.3 Å². The van der Waals surface area contributed by atoms with Gasteiger partial charge in [-0.25, -0.2) is 4.68 Å². The van der Waals surface area contributed by atoms with E-state index in [0.717, 1.165) is 11.4 Å². The first-order valence-electron chi connectivity index (χ1n) is 5.59. The summed E-state index contributed by atoms with van der Waals surface area (Å²) in [5.74, 6) is 1.26. The van der Waals surface area contributed by atoms with Crippen molar-refractivity contribution >= 4 is 17.4 Å². The molecule has 18 heavy (non-hydrogen) atoms. The van der Waals surface area contributed by atoms with Gasteiger partial charge in [-0.15, -0.1) is 5.10 Å². The Balaban J connectivity index is 2.55. The average molecular weight is 267 g/mol. The van der Waals surface area contributed by atoms with Crippen LogP contribution in [0.25, 0.3) is 5.69 Å². The molecule has 1 heterocycles. The van der Waals surface area contributed by atoms with Gasteiger partial charge in [0, 0.05) is 6.07 Å². The topological polar surface area (TPSA) is 66.0 Å². The number of nitrogens with zero attached hydrogens (tertiary/aromatic N) is 3. The highest BCUT2D eigenvalue weighted by atomic mass is 35.5. The molecule has 5 nitrogen and oxygen atoms in total. The number of halogens is 1. The van der Waals surface area contributed by atoms with Crippen LogP contribution >= 0.6 is 11.6 Å². The summed E-state index contributed by atoms with van der Waals surface area (Å²) in [6.07, 6.45) is 0. The molecule has 6 heteroatoms. The molecule has 2 N–H and O–H groups in total. The van der Waals surface area contributed by atoms with E-state index >= 15 is 0 Å². The van der Waals surface area contributed by atoms with Crippen molar-refractivity contribution in [1.29, 1.82) is 0 Å². The van der Waals surface area contributed by atoms with Crippen molar-refractivity contribution < 1.29 is 4.74 Å². The number of hydrogen-bond acceptors (Lipinski definition) is 4. The van der Waals surface area contributed by atoms with E-state index in [0.29, 0.717) is 16.6 Å². The molecule has 1 aromatic heterocycles. The molecule has 0 atom stereocenters. The molecule has 0 aliphatic carbocycles. The number of benzene rings is 1. The molecule has 0 radical (unpaired) electrons. The van der Waals surface area contributed by atoms with Crippen LogP contribution in [0.4, 0.5) is 5.82 Å². The number of hydrogen-bond donors (Lipinski definition) is 1. The molecular formula is C12H15ClN4O. The number of nitrogen functional groups attached to an aromatic ring is 1. The van der Waals surface area contributed by atoms with Crippen molar-refractivity contribution in [3.63, 3.8) is 0 Å². The molecule has 1 aromatic carbocycles. The van der Waals surface area contributed by atoms with Crippen LogP contribution in [0, 0.1) is 0 Å². The first-order valence-corrected chi connectivity index (χ1v) is 5.97. The van der Waals surface area contributed by atoms with E-state index in [1.807, 2.05) is 26.0 Å². The first-order chi connectivity index (χ1) is 8.54. The summed E-state index contributed by atoms with van der Waals surface area (Å²) in [6, 6.07) is 5.42. The van der Waals surface area contributed by atoms with Crippen molar-refractivity contribution in [1.82, 2.24) is 15.0 Å². The quantitative estimate of drug-likeness (QED) is 0.927. The van der Waals surface area contributed by atoms with Crippen molar-refractivity contribution in [2.24, 2.45) is 0 Å². The van der Waals surface area contributed by atoms with Crippen LogP contribution < -0.4 is 10.5 Å². The summed E-state index contributed by atoms with van der Waals surface area (Å²) < 4.78 is 6.90. The third-order valence-corrected chi connectivity index (χ3v) is 2.97. The van der Waals surface area contributed by atoms with Gasteiger partial charge in [0.2, 0.25) is 0 Å². The summed E-state index contributed by atoms with van der Waals surface area (Å²) in [6.45, 7) is 4.08. The molecule has 0 amide bonds. The Hall–Kier alpha value is -1.75. The van der Waals surface area contributed by atoms with Crippen LogP contribution in [0.5, 0.6) is 5.75 Å². The highest BCUT2D eigenvalue weighted by Gasteiger charge is 2.16. The Morgan fingerprint density at radius 3 is 2.72 bits per heavy atom. The second-order valence-electron chi connectivity index (χ2n) is 4.25. The highest BCUT2D eigenvalue weighted by Crippen LogP contribution is 2.29. The van der Waals surface area contributed by atoms with Gasteiger partial charge in [-0.1, -0.05) is 30.7 Å².